The Morgan fingerprint density at radius 3 is 2.57 bits per heavy atom. The summed E-state index contributed by atoms with van der Waals surface area (Å²) in [6.45, 7) is 3.25. The van der Waals surface area contributed by atoms with Gasteiger partial charge in [-0.3, -0.25) is 4.90 Å². The van der Waals surface area contributed by atoms with E-state index < -0.39 is 0 Å². The third-order valence-corrected chi connectivity index (χ3v) is 5.24. The van der Waals surface area contributed by atoms with Gasteiger partial charge < -0.3 is 4.74 Å². The number of hydrogen-bond acceptors (Lipinski definition) is 3. The van der Waals surface area contributed by atoms with Crippen molar-refractivity contribution in [2.45, 2.75) is 45.2 Å². The van der Waals surface area contributed by atoms with Crippen LogP contribution in [0.15, 0.2) is 22.7 Å². The molecule has 0 N–H and O–H groups in total. The van der Waals surface area contributed by atoms with Crippen LogP contribution in [0, 0.1) is 5.92 Å². The molecule has 0 heterocycles. The van der Waals surface area contributed by atoms with Crippen LogP contribution in [-0.4, -0.2) is 31.1 Å². The SMILES string of the molecule is COC(=O)c1ccc(CN(C)C2CCC(C)CC2)c(Br)c1. The molecule has 116 valence electrons. The van der Waals surface area contributed by atoms with Gasteiger partial charge in [-0.05, 0) is 56.3 Å². The van der Waals surface area contributed by atoms with Gasteiger partial charge in [0, 0.05) is 17.1 Å². The van der Waals surface area contributed by atoms with Crippen LogP contribution in [0.2, 0.25) is 0 Å². The highest BCUT2D eigenvalue weighted by Crippen LogP contribution is 2.28. The lowest BCUT2D eigenvalue weighted by atomic mass is 9.86. The lowest BCUT2D eigenvalue weighted by molar-refractivity contribution is 0.0600. The van der Waals surface area contributed by atoms with Crippen molar-refractivity contribution in [1.29, 1.82) is 0 Å². The minimum absolute atomic E-state index is 0.295. The summed E-state index contributed by atoms with van der Waals surface area (Å²) >= 11 is 3.57. The number of carbonyl (C=O) groups is 1. The van der Waals surface area contributed by atoms with Crippen LogP contribution in [0.25, 0.3) is 0 Å². The first kappa shape index (κ1) is 16.5. The molecule has 1 saturated carbocycles. The van der Waals surface area contributed by atoms with Gasteiger partial charge in [-0.25, -0.2) is 4.79 Å². The molecule has 1 aromatic rings. The van der Waals surface area contributed by atoms with E-state index in [1.807, 2.05) is 18.2 Å². The van der Waals surface area contributed by atoms with Gasteiger partial charge in [-0.1, -0.05) is 28.9 Å². The second-order valence-electron chi connectivity index (χ2n) is 6.13. The van der Waals surface area contributed by atoms with E-state index in [0.29, 0.717) is 11.6 Å². The van der Waals surface area contributed by atoms with E-state index in [0.717, 1.165) is 16.9 Å². The highest BCUT2D eigenvalue weighted by atomic mass is 79.9. The Balaban J connectivity index is 2.00. The van der Waals surface area contributed by atoms with Gasteiger partial charge in [0.25, 0.3) is 0 Å². The fourth-order valence-corrected chi connectivity index (χ4v) is 3.51. The Kier molecular flexibility index (Phi) is 5.82. The normalized spacial score (nSPS) is 22.3. The maximum Gasteiger partial charge on any atom is 0.337 e. The number of nitrogens with zero attached hydrogens (tertiary/aromatic N) is 1. The van der Waals surface area contributed by atoms with Gasteiger partial charge in [-0.15, -0.1) is 0 Å². The maximum atomic E-state index is 11.5. The van der Waals surface area contributed by atoms with Gasteiger partial charge >= 0.3 is 5.97 Å². The second-order valence-corrected chi connectivity index (χ2v) is 6.98. The third kappa shape index (κ3) is 4.30. The summed E-state index contributed by atoms with van der Waals surface area (Å²) < 4.78 is 5.72. The first-order valence-electron chi connectivity index (χ1n) is 7.58. The zero-order valence-corrected chi connectivity index (χ0v) is 14.6. The molecular formula is C17H24BrNO2. The maximum absolute atomic E-state index is 11.5. The molecule has 3 nitrogen and oxygen atoms in total. The van der Waals surface area contributed by atoms with E-state index in [1.165, 1.54) is 38.4 Å². The standard InChI is InChI=1S/C17H24BrNO2/c1-12-4-8-15(9-5-12)19(2)11-14-7-6-13(10-16(14)18)17(20)21-3/h6-7,10,12,15H,4-5,8-9,11H2,1-3H3. The Bertz CT molecular complexity index is 496. The largest absolute Gasteiger partial charge is 0.465 e. The average Bonchev–Trinajstić information content (AvgIpc) is 2.49. The summed E-state index contributed by atoms with van der Waals surface area (Å²) in [6, 6.07) is 6.37. The monoisotopic (exact) mass is 353 g/mol. The third-order valence-electron chi connectivity index (χ3n) is 4.50. The molecule has 0 unspecified atom stereocenters. The Morgan fingerprint density at radius 1 is 1.33 bits per heavy atom. The molecule has 1 aliphatic carbocycles. The highest BCUT2D eigenvalue weighted by molar-refractivity contribution is 9.10. The molecule has 0 bridgehead atoms. The molecule has 0 saturated heterocycles. The number of hydrogen-bond donors (Lipinski definition) is 0. The van der Waals surface area contributed by atoms with Crippen molar-refractivity contribution < 1.29 is 9.53 Å². The minimum atomic E-state index is -0.295. The summed E-state index contributed by atoms with van der Waals surface area (Å²) in [5.74, 6) is 0.581. The minimum Gasteiger partial charge on any atom is -0.465 e. The van der Waals surface area contributed by atoms with Crippen molar-refractivity contribution in [3.8, 4) is 0 Å². The van der Waals surface area contributed by atoms with Crippen molar-refractivity contribution in [1.82, 2.24) is 4.90 Å². The molecule has 21 heavy (non-hydrogen) atoms. The molecule has 0 aliphatic heterocycles. The van der Waals surface area contributed by atoms with Gasteiger partial charge in [0.2, 0.25) is 0 Å². The van der Waals surface area contributed by atoms with E-state index in [2.05, 4.69) is 34.8 Å². The fourth-order valence-electron chi connectivity index (χ4n) is 3.00. The Morgan fingerprint density at radius 2 is 2.00 bits per heavy atom. The zero-order chi connectivity index (χ0) is 15.4. The number of ether oxygens (including phenoxy) is 1. The van der Waals surface area contributed by atoms with Crippen LogP contribution in [0.4, 0.5) is 0 Å². The van der Waals surface area contributed by atoms with Crippen LogP contribution in [-0.2, 0) is 11.3 Å². The van der Waals surface area contributed by atoms with Crippen LogP contribution in [0.1, 0.15) is 48.5 Å². The van der Waals surface area contributed by atoms with Crippen molar-refractivity contribution >= 4 is 21.9 Å². The van der Waals surface area contributed by atoms with E-state index in [-0.39, 0.29) is 5.97 Å². The van der Waals surface area contributed by atoms with Gasteiger partial charge in [0.15, 0.2) is 0 Å². The second kappa shape index (κ2) is 7.41. The van der Waals surface area contributed by atoms with E-state index in [4.69, 9.17) is 4.74 Å². The summed E-state index contributed by atoms with van der Waals surface area (Å²) in [5, 5.41) is 0. The van der Waals surface area contributed by atoms with Crippen LogP contribution >= 0.6 is 15.9 Å². The molecule has 1 aliphatic rings. The smallest absolute Gasteiger partial charge is 0.337 e. The quantitative estimate of drug-likeness (QED) is 0.758. The molecule has 0 aromatic heterocycles. The van der Waals surface area contributed by atoms with E-state index in [1.54, 1.807) is 0 Å². The Hall–Kier alpha value is -0.870. The molecule has 0 radical (unpaired) electrons. The van der Waals surface area contributed by atoms with Gasteiger partial charge in [0.1, 0.15) is 0 Å². The predicted molar refractivity (Wildman–Crippen MR) is 88.4 cm³/mol. The number of carbonyl (C=O) groups excluding carboxylic acids is 1. The van der Waals surface area contributed by atoms with Gasteiger partial charge in [0.05, 0.1) is 12.7 Å². The number of esters is 1. The van der Waals surface area contributed by atoms with E-state index in [9.17, 15) is 4.79 Å². The van der Waals surface area contributed by atoms with Crippen molar-refractivity contribution in [2.75, 3.05) is 14.2 Å². The lowest BCUT2D eigenvalue weighted by Gasteiger charge is -2.33. The average molecular weight is 354 g/mol. The number of rotatable bonds is 4. The molecule has 0 atom stereocenters. The summed E-state index contributed by atoms with van der Waals surface area (Å²) in [7, 11) is 3.60. The molecule has 2 rings (SSSR count). The van der Waals surface area contributed by atoms with Crippen LogP contribution in [0.3, 0.4) is 0 Å². The number of methoxy groups -OCH3 is 1. The molecule has 0 spiro atoms. The van der Waals surface area contributed by atoms with Crippen molar-refractivity contribution in [3.63, 3.8) is 0 Å². The fraction of sp³-hybridized carbons (Fsp3) is 0.588. The van der Waals surface area contributed by atoms with Crippen molar-refractivity contribution in [3.05, 3.63) is 33.8 Å². The van der Waals surface area contributed by atoms with Crippen molar-refractivity contribution in [2.24, 2.45) is 5.92 Å². The number of halogens is 1. The predicted octanol–water partition coefficient (Wildman–Crippen LogP) is 4.25. The Labute approximate surface area is 135 Å². The molecule has 1 fully saturated rings. The topological polar surface area (TPSA) is 29.5 Å². The lowest BCUT2D eigenvalue weighted by Crippen LogP contribution is -2.34. The molecular weight excluding hydrogens is 330 g/mol. The first-order chi connectivity index (χ1) is 10.0. The molecule has 4 heteroatoms. The zero-order valence-electron chi connectivity index (χ0n) is 13.1. The summed E-state index contributed by atoms with van der Waals surface area (Å²) in [6.07, 6.45) is 5.24. The molecule has 0 amide bonds. The van der Waals surface area contributed by atoms with E-state index >= 15 is 0 Å². The highest BCUT2D eigenvalue weighted by Gasteiger charge is 2.22. The summed E-state index contributed by atoms with van der Waals surface area (Å²) in [4.78, 5) is 14.0. The number of benzene rings is 1. The first-order valence-corrected chi connectivity index (χ1v) is 8.37. The van der Waals surface area contributed by atoms with Crippen LogP contribution in [0.5, 0.6) is 0 Å². The van der Waals surface area contributed by atoms with Gasteiger partial charge in [-0.2, -0.15) is 0 Å². The molecule has 1 aromatic carbocycles. The van der Waals surface area contributed by atoms with Crippen LogP contribution < -0.4 is 0 Å². The summed E-state index contributed by atoms with van der Waals surface area (Å²) in [5.41, 5.74) is 1.80.